The third kappa shape index (κ3) is 3.45. The van der Waals surface area contributed by atoms with E-state index in [1.165, 1.54) is 0 Å². The quantitative estimate of drug-likeness (QED) is 0.795. The first-order valence-electron chi connectivity index (χ1n) is 8.63. The minimum Gasteiger partial charge on any atom is -0.365 e. The molecule has 2 heterocycles. The van der Waals surface area contributed by atoms with Crippen molar-refractivity contribution in [2.24, 2.45) is 0 Å². The summed E-state index contributed by atoms with van der Waals surface area (Å²) in [7, 11) is 0. The highest BCUT2D eigenvalue weighted by atomic mass is 16.2. The summed E-state index contributed by atoms with van der Waals surface area (Å²) in [6.45, 7) is 2.40. The van der Waals surface area contributed by atoms with Gasteiger partial charge in [-0.3, -0.25) is 9.78 Å². The van der Waals surface area contributed by atoms with Crippen molar-refractivity contribution >= 4 is 22.8 Å². The molecular formula is C20H20N4O. The summed E-state index contributed by atoms with van der Waals surface area (Å²) in [6.07, 6.45) is 3.97. The zero-order valence-electron chi connectivity index (χ0n) is 14.0. The molecule has 0 spiro atoms. The second kappa shape index (κ2) is 6.89. The maximum atomic E-state index is 12.4. The van der Waals surface area contributed by atoms with Crippen molar-refractivity contribution in [1.29, 1.82) is 0 Å². The van der Waals surface area contributed by atoms with E-state index >= 15 is 0 Å². The summed E-state index contributed by atoms with van der Waals surface area (Å²) in [5.74, 6) is 0.883. The molecule has 1 N–H and O–H groups in total. The summed E-state index contributed by atoms with van der Waals surface area (Å²) >= 11 is 0. The molecule has 1 aliphatic rings. The minimum absolute atomic E-state index is 0.136. The first-order valence-corrected chi connectivity index (χ1v) is 8.63. The number of para-hydroxylation sites is 2. The number of hydrogen-bond acceptors (Lipinski definition) is 4. The lowest BCUT2D eigenvalue weighted by molar-refractivity contribution is 0.0793. The highest BCUT2D eigenvalue weighted by Gasteiger charge is 2.19. The molecule has 1 fully saturated rings. The fraction of sp³-hybridized carbons (Fsp3) is 0.250. The molecule has 3 aromatic rings. The average molecular weight is 332 g/mol. The molecule has 5 nitrogen and oxygen atoms in total. The maximum Gasteiger partial charge on any atom is 0.253 e. The molecule has 1 amide bonds. The van der Waals surface area contributed by atoms with Gasteiger partial charge in [-0.1, -0.05) is 24.3 Å². The monoisotopic (exact) mass is 332 g/mol. The van der Waals surface area contributed by atoms with Gasteiger partial charge >= 0.3 is 0 Å². The molecule has 25 heavy (non-hydrogen) atoms. The number of fused-ring (bicyclic) bond motifs is 1. The number of nitrogens with one attached hydrogen (secondary N) is 1. The molecule has 0 bridgehead atoms. The van der Waals surface area contributed by atoms with E-state index in [1.54, 1.807) is 6.20 Å². The number of amides is 1. The van der Waals surface area contributed by atoms with E-state index in [9.17, 15) is 4.79 Å². The minimum atomic E-state index is 0.136. The smallest absolute Gasteiger partial charge is 0.253 e. The standard InChI is InChI=1S/C20H20N4O/c25-20(24-11-3-4-12-24)16-9-7-15(8-10-16)13-22-19-14-21-17-5-1-2-6-18(17)23-19/h1-2,5-10,14H,3-4,11-13H2,(H,22,23). The molecule has 1 aliphatic heterocycles. The predicted octanol–water partition coefficient (Wildman–Crippen LogP) is 3.48. The summed E-state index contributed by atoms with van der Waals surface area (Å²) < 4.78 is 0. The normalized spacial score (nSPS) is 14.0. The van der Waals surface area contributed by atoms with E-state index in [4.69, 9.17) is 0 Å². The molecule has 5 heteroatoms. The lowest BCUT2D eigenvalue weighted by Gasteiger charge is -2.15. The van der Waals surface area contributed by atoms with Gasteiger partial charge in [-0.05, 0) is 42.7 Å². The highest BCUT2D eigenvalue weighted by molar-refractivity contribution is 5.94. The second-order valence-electron chi connectivity index (χ2n) is 6.29. The number of rotatable bonds is 4. The topological polar surface area (TPSA) is 58.1 Å². The van der Waals surface area contributed by atoms with Crippen LogP contribution in [0.15, 0.2) is 54.7 Å². The van der Waals surface area contributed by atoms with Gasteiger partial charge in [-0.15, -0.1) is 0 Å². The van der Waals surface area contributed by atoms with Crippen LogP contribution in [0.5, 0.6) is 0 Å². The molecule has 4 rings (SSSR count). The Morgan fingerprint density at radius 1 is 1.00 bits per heavy atom. The number of carbonyl (C=O) groups is 1. The van der Waals surface area contributed by atoms with Gasteiger partial charge in [0.15, 0.2) is 0 Å². The van der Waals surface area contributed by atoms with E-state index < -0.39 is 0 Å². The Bertz CT molecular complexity index is 886. The summed E-state index contributed by atoms with van der Waals surface area (Å²) in [5.41, 5.74) is 3.63. The van der Waals surface area contributed by atoms with Crippen LogP contribution >= 0.6 is 0 Å². The van der Waals surface area contributed by atoms with Crippen molar-refractivity contribution in [3.05, 3.63) is 65.9 Å². The van der Waals surface area contributed by atoms with Crippen LogP contribution in [0.2, 0.25) is 0 Å². The Morgan fingerprint density at radius 2 is 1.72 bits per heavy atom. The molecule has 0 atom stereocenters. The Hall–Kier alpha value is -2.95. The average Bonchev–Trinajstić information content (AvgIpc) is 3.21. The van der Waals surface area contributed by atoms with Crippen LogP contribution in [-0.4, -0.2) is 33.9 Å². The van der Waals surface area contributed by atoms with Crippen LogP contribution < -0.4 is 5.32 Å². The Labute approximate surface area is 146 Å². The van der Waals surface area contributed by atoms with Crippen molar-refractivity contribution in [3.63, 3.8) is 0 Å². The fourth-order valence-corrected chi connectivity index (χ4v) is 3.10. The van der Waals surface area contributed by atoms with Crippen molar-refractivity contribution in [2.75, 3.05) is 18.4 Å². The van der Waals surface area contributed by atoms with Crippen LogP contribution in [0.1, 0.15) is 28.8 Å². The molecule has 0 radical (unpaired) electrons. The van der Waals surface area contributed by atoms with Crippen LogP contribution in [0.3, 0.4) is 0 Å². The van der Waals surface area contributed by atoms with Gasteiger partial charge in [0.2, 0.25) is 0 Å². The molecule has 1 saturated heterocycles. The fourth-order valence-electron chi connectivity index (χ4n) is 3.10. The molecule has 126 valence electrons. The summed E-state index contributed by atoms with van der Waals surface area (Å²) in [5, 5.41) is 3.29. The van der Waals surface area contributed by atoms with Crippen LogP contribution in [-0.2, 0) is 6.54 Å². The van der Waals surface area contributed by atoms with Crippen LogP contribution in [0, 0.1) is 0 Å². The first kappa shape index (κ1) is 15.6. The number of carbonyl (C=O) groups excluding carboxylic acids is 1. The van der Waals surface area contributed by atoms with Crippen molar-refractivity contribution in [3.8, 4) is 0 Å². The van der Waals surface area contributed by atoms with Crippen LogP contribution in [0.4, 0.5) is 5.82 Å². The zero-order valence-corrected chi connectivity index (χ0v) is 14.0. The van der Waals surface area contributed by atoms with E-state index in [2.05, 4.69) is 15.3 Å². The number of hydrogen-bond donors (Lipinski definition) is 1. The summed E-state index contributed by atoms with van der Waals surface area (Å²) in [6, 6.07) is 15.6. The Kier molecular flexibility index (Phi) is 4.29. The van der Waals surface area contributed by atoms with Gasteiger partial charge in [-0.2, -0.15) is 0 Å². The highest BCUT2D eigenvalue weighted by Crippen LogP contribution is 2.15. The molecule has 0 unspecified atom stereocenters. The third-order valence-corrected chi connectivity index (χ3v) is 4.52. The van der Waals surface area contributed by atoms with E-state index in [0.29, 0.717) is 6.54 Å². The summed E-state index contributed by atoms with van der Waals surface area (Å²) in [4.78, 5) is 23.2. The zero-order chi connectivity index (χ0) is 17.1. The first-order chi connectivity index (χ1) is 12.3. The number of benzene rings is 2. The second-order valence-corrected chi connectivity index (χ2v) is 6.29. The SMILES string of the molecule is O=C(c1ccc(CNc2cnc3ccccc3n2)cc1)N1CCCC1. The van der Waals surface area contributed by atoms with Crippen molar-refractivity contribution < 1.29 is 4.79 Å². The van der Waals surface area contributed by atoms with Gasteiger partial charge < -0.3 is 10.2 Å². The Balaban J connectivity index is 1.41. The molecule has 1 aromatic heterocycles. The lowest BCUT2D eigenvalue weighted by atomic mass is 10.1. The van der Waals surface area contributed by atoms with Crippen molar-refractivity contribution in [1.82, 2.24) is 14.9 Å². The lowest BCUT2D eigenvalue weighted by Crippen LogP contribution is -2.27. The van der Waals surface area contributed by atoms with Gasteiger partial charge in [-0.25, -0.2) is 4.98 Å². The van der Waals surface area contributed by atoms with Crippen molar-refractivity contribution in [2.45, 2.75) is 19.4 Å². The van der Waals surface area contributed by atoms with E-state index in [0.717, 1.165) is 53.9 Å². The van der Waals surface area contributed by atoms with Gasteiger partial charge in [0.25, 0.3) is 5.91 Å². The van der Waals surface area contributed by atoms with Gasteiger partial charge in [0.05, 0.1) is 17.2 Å². The predicted molar refractivity (Wildman–Crippen MR) is 98.4 cm³/mol. The Morgan fingerprint density at radius 3 is 2.48 bits per heavy atom. The number of aromatic nitrogens is 2. The number of anilines is 1. The number of likely N-dealkylation sites (tertiary alicyclic amines) is 1. The third-order valence-electron chi connectivity index (χ3n) is 4.52. The van der Waals surface area contributed by atoms with Gasteiger partial charge in [0.1, 0.15) is 5.82 Å². The van der Waals surface area contributed by atoms with Gasteiger partial charge in [0, 0.05) is 25.2 Å². The largest absolute Gasteiger partial charge is 0.365 e. The van der Waals surface area contributed by atoms with E-state index in [1.807, 2.05) is 53.4 Å². The van der Waals surface area contributed by atoms with Crippen LogP contribution in [0.25, 0.3) is 11.0 Å². The maximum absolute atomic E-state index is 12.4. The molecule has 0 saturated carbocycles. The molecule has 2 aromatic carbocycles. The van der Waals surface area contributed by atoms with E-state index in [-0.39, 0.29) is 5.91 Å². The molecular weight excluding hydrogens is 312 g/mol. The number of nitrogens with zero attached hydrogens (tertiary/aromatic N) is 3. The molecule has 0 aliphatic carbocycles.